The normalized spacial score (nSPS) is 11.2. The summed E-state index contributed by atoms with van der Waals surface area (Å²) in [7, 11) is -0.898. The Labute approximate surface area is 141 Å². The Bertz CT molecular complexity index is 792. The van der Waals surface area contributed by atoms with Crippen LogP contribution in [0.25, 0.3) is 0 Å². The largest absolute Gasteiger partial charge is 0.493 e. The van der Waals surface area contributed by atoms with Crippen molar-refractivity contribution < 1.29 is 17.9 Å². The first-order valence-corrected chi connectivity index (χ1v) is 8.69. The minimum atomic E-state index is -3.82. The van der Waals surface area contributed by atoms with Gasteiger partial charge in [-0.2, -0.15) is 0 Å². The summed E-state index contributed by atoms with van der Waals surface area (Å²) in [6.07, 6.45) is 0. The predicted octanol–water partition coefficient (Wildman–Crippen LogP) is 2.11. The Hall–Kier alpha value is -2.55. The van der Waals surface area contributed by atoms with Crippen LogP contribution in [0.2, 0.25) is 0 Å². The van der Waals surface area contributed by atoms with Crippen LogP contribution >= 0.6 is 0 Å². The third kappa shape index (κ3) is 4.25. The number of nitrogens with one attached hydrogen (secondary N) is 2. The zero-order valence-electron chi connectivity index (χ0n) is 13.9. The molecule has 0 unspecified atom stereocenters. The van der Waals surface area contributed by atoms with E-state index in [1.54, 1.807) is 6.07 Å². The molecule has 24 heavy (non-hydrogen) atoms. The number of ether oxygens (including phenoxy) is 2. The first-order chi connectivity index (χ1) is 11.4. The second-order valence-electron chi connectivity index (χ2n) is 5.23. The lowest BCUT2D eigenvalue weighted by molar-refractivity contribution is 0.354. The van der Waals surface area contributed by atoms with Gasteiger partial charge in [-0.25, -0.2) is 8.42 Å². The molecule has 0 aliphatic carbocycles. The molecule has 9 heteroatoms. The summed E-state index contributed by atoms with van der Waals surface area (Å²) in [4.78, 5) is 0.0336. The molecule has 1 heterocycles. The summed E-state index contributed by atoms with van der Waals surface area (Å²) in [5.74, 6) is 1.46. The Morgan fingerprint density at radius 2 is 1.58 bits per heavy atom. The van der Waals surface area contributed by atoms with Crippen molar-refractivity contribution in [3.8, 4) is 11.5 Å². The predicted molar refractivity (Wildman–Crippen MR) is 91.1 cm³/mol. The van der Waals surface area contributed by atoms with Gasteiger partial charge in [-0.3, -0.25) is 4.72 Å². The fourth-order valence-corrected chi connectivity index (χ4v) is 2.95. The van der Waals surface area contributed by atoms with Gasteiger partial charge in [0.1, 0.15) is 5.82 Å². The molecule has 8 nitrogen and oxygen atoms in total. The number of sulfonamides is 1. The number of anilines is 2. The molecule has 1 aromatic heterocycles. The van der Waals surface area contributed by atoms with Gasteiger partial charge in [-0.15, -0.1) is 10.2 Å². The molecule has 0 saturated carbocycles. The van der Waals surface area contributed by atoms with Gasteiger partial charge in [0, 0.05) is 12.1 Å². The van der Waals surface area contributed by atoms with E-state index in [0.717, 1.165) is 0 Å². The zero-order chi connectivity index (χ0) is 17.7. The first-order valence-electron chi connectivity index (χ1n) is 7.21. The average Bonchev–Trinajstić information content (AvgIpc) is 2.55. The van der Waals surface area contributed by atoms with Crippen LogP contribution in [0, 0.1) is 0 Å². The molecule has 2 rings (SSSR count). The van der Waals surface area contributed by atoms with Gasteiger partial charge in [-0.1, -0.05) is 0 Å². The van der Waals surface area contributed by atoms with Crippen LogP contribution < -0.4 is 19.5 Å². The summed E-state index contributed by atoms with van der Waals surface area (Å²) in [6, 6.07) is 7.72. The van der Waals surface area contributed by atoms with E-state index in [4.69, 9.17) is 9.47 Å². The Kier molecular flexibility index (Phi) is 5.45. The van der Waals surface area contributed by atoms with Crippen molar-refractivity contribution in [3.63, 3.8) is 0 Å². The van der Waals surface area contributed by atoms with Gasteiger partial charge < -0.3 is 14.8 Å². The summed E-state index contributed by atoms with van der Waals surface area (Å²) in [6.45, 7) is 3.94. The minimum absolute atomic E-state index is 0.0336. The standard InChI is InChI=1S/C15H20N4O4S/c1-10(2)16-14-7-8-15(18-17-14)19-24(20,21)11-5-6-12(22-3)13(9-11)23-4/h5-10H,1-4H3,(H,16,17)(H,18,19). The highest BCUT2D eigenvalue weighted by Gasteiger charge is 2.18. The van der Waals surface area contributed by atoms with Crippen LogP contribution in [0.15, 0.2) is 35.2 Å². The number of hydrogen-bond donors (Lipinski definition) is 2. The van der Waals surface area contributed by atoms with Crippen molar-refractivity contribution in [2.45, 2.75) is 24.8 Å². The van der Waals surface area contributed by atoms with E-state index >= 15 is 0 Å². The summed E-state index contributed by atoms with van der Waals surface area (Å²) < 4.78 is 37.5. The van der Waals surface area contributed by atoms with Crippen molar-refractivity contribution in [3.05, 3.63) is 30.3 Å². The molecule has 1 aromatic carbocycles. The maximum atomic E-state index is 12.4. The number of nitrogens with zero attached hydrogens (tertiary/aromatic N) is 2. The number of methoxy groups -OCH3 is 2. The topological polar surface area (TPSA) is 102 Å². The fraction of sp³-hybridized carbons (Fsp3) is 0.333. The Morgan fingerprint density at radius 3 is 2.12 bits per heavy atom. The number of rotatable bonds is 7. The lowest BCUT2D eigenvalue weighted by atomic mass is 10.3. The maximum absolute atomic E-state index is 12.4. The van der Waals surface area contributed by atoms with E-state index in [0.29, 0.717) is 17.3 Å². The van der Waals surface area contributed by atoms with Gasteiger partial charge >= 0.3 is 0 Å². The number of hydrogen-bond acceptors (Lipinski definition) is 7. The molecule has 2 N–H and O–H groups in total. The van der Waals surface area contributed by atoms with E-state index in [2.05, 4.69) is 20.2 Å². The first kappa shape index (κ1) is 17.8. The van der Waals surface area contributed by atoms with E-state index < -0.39 is 10.0 Å². The van der Waals surface area contributed by atoms with Crippen molar-refractivity contribution in [1.29, 1.82) is 0 Å². The Balaban J connectivity index is 2.22. The van der Waals surface area contributed by atoms with Crippen LogP contribution in [0.3, 0.4) is 0 Å². The molecule has 0 spiro atoms. The third-order valence-corrected chi connectivity index (χ3v) is 4.36. The monoisotopic (exact) mass is 352 g/mol. The summed E-state index contributed by atoms with van der Waals surface area (Å²) in [5.41, 5.74) is 0. The van der Waals surface area contributed by atoms with Crippen molar-refractivity contribution >= 4 is 21.7 Å². The molecule has 0 aliphatic heterocycles. The minimum Gasteiger partial charge on any atom is -0.493 e. The molecule has 2 aromatic rings. The molecule has 0 saturated heterocycles. The molecular weight excluding hydrogens is 332 g/mol. The van der Waals surface area contributed by atoms with Gasteiger partial charge in [0.15, 0.2) is 17.3 Å². The number of benzene rings is 1. The van der Waals surface area contributed by atoms with Crippen LogP contribution in [0.4, 0.5) is 11.6 Å². The molecular formula is C15H20N4O4S. The van der Waals surface area contributed by atoms with Crippen LogP contribution in [-0.4, -0.2) is 38.9 Å². The number of aromatic nitrogens is 2. The quantitative estimate of drug-likeness (QED) is 0.787. The molecule has 0 fully saturated rings. The highest BCUT2D eigenvalue weighted by molar-refractivity contribution is 7.92. The maximum Gasteiger partial charge on any atom is 0.263 e. The molecule has 0 radical (unpaired) electrons. The van der Waals surface area contributed by atoms with Crippen molar-refractivity contribution in [1.82, 2.24) is 10.2 Å². The molecule has 0 amide bonds. The smallest absolute Gasteiger partial charge is 0.263 e. The van der Waals surface area contributed by atoms with Gasteiger partial charge in [0.25, 0.3) is 10.0 Å². The second-order valence-corrected chi connectivity index (χ2v) is 6.91. The SMILES string of the molecule is COc1ccc(S(=O)(=O)Nc2ccc(NC(C)C)nn2)cc1OC. The van der Waals surface area contributed by atoms with E-state index in [9.17, 15) is 8.42 Å². The van der Waals surface area contributed by atoms with E-state index in [1.165, 1.54) is 38.5 Å². The average molecular weight is 352 g/mol. The molecule has 130 valence electrons. The van der Waals surface area contributed by atoms with Crippen LogP contribution in [-0.2, 0) is 10.0 Å². The second kappa shape index (κ2) is 7.35. The summed E-state index contributed by atoms with van der Waals surface area (Å²) >= 11 is 0. The Morgan fingerprint density at radius 1 is 0.958 bits per heavy atom. The lowest BCUT2D eigenvalue weighted by Gasteiger charge is -2.12. The van der Waals surface area contributed by atoms with Gasteiger partial charge in [-0.05, 0) is 38.1 Å². The molecule has 0 bridgehead atoms. The van der Waals surface area contributed by atoms with Crippen molar-refractivity contribution in [2.75, 3.05) is 24.3 Å². The van der Waals surface area contributed by atoms with Crippen LogP contribution in [0.5, 0.6) is 11.5 Å². The zero-order valence-corrected chi connectivity index (χ0v) is 14.7. The third-order valence-electron chi connectivity index (χ3n) is 3.01. The summed E-state index contributed by atoms with van der Waals surface area (Å²) in [5, 5.41) is 10.9. The van der Waals surface area contributed by atoms with E-state index in [1.807, 2.05) is 13.8 Å². The lowest BCUT2D eigenvalue weighted by Crippen LogP contribution is -2.16. The molecule has 0 atom stereocenters. The van der Waals surface area contributed by atoms with Crippen molar-refractivity contribution in [2.24, 2.45) is 0 Å². The highest BCUT2D eigenvalue weighted by atomic mass is 32.2. The fourth-order valence-electron chi connectivity index (χ4n) is 1.94. The van der Waals surface area contributed by atoms with Gasteiger partial charge in [0.05, 0.1) is 19.1 Å². The highest BCUT2D eigenvalue weighted by Crippen LogP contribution is 2.29. The van der Waals surface area contributed by atoms with Gasteiger partial charge in [0.2, 0.25) is 0 Å². The van der Waals surface area contributed by atoms with Crippen LogP contribution in [0.1, 0.15) is 13.8 Å². The van der Waals surface area contributed by atoms with E-state index in [-0.39, 0.29) is 16.8 Å². The molecule has 0 aliphatic rings.